The van der Waals surface area contributed by atoms with Crippen LogP contribution in [0.5, 0.6) is 0 Å². The van der Waals surface area contributed by atoms with Gasteiger partial charge in [-0.1, -0.05) is 37.3 Å². The summed E-state index contributed by atoms with van der Waals surface area (Å²) in [6.45, 7) is 1.57. The van der Waals surface area contributed by atoms with Crippen LogP contribution in [0.3, 0.4) is 0 Å². The van der Waals surface area contributed by atoms with Crippen molar-refractivity contribution in [3.63, 3.8) is 0 Å². The van der Waals surface area contributed by atoms with Crippen LogP contribution in [0.15, 0.2) is 30.3 Å². The van der Waals surface area contributed by atoms with E-state index in [1.165, 1.54) is 18.2 Å². The third-order valence-electron chi connectivity index (χ3n) is 3.52. The molecule has 0 aromatic heterocycles. The highest BCUT2D eigenvalue weighted by Gasteiger charge is 2.64. The Morgan fingerprint density at radius 3 is 2.12 bits per heavy atom. The van der Waals surface area contributed by atoms with E-state index in [9.17, 15) is 22.8 Å². The fraction of sp³-hybridized carbons (Fsp3) is 0.500. The van der Waals surface area contributed by atoms with E-state index in [4.69, 9.17) is 4.74 Å². The summed E-state index contributed by atoms with van der Waals surface area (Å²) in [6, 6.07) is 6.47. The number of ether oxygens (including phenoxy) is 3. The van der Waals surface area contributed by atoms with Crippen molar-refractivity contribution in [1.29, 1.82) is 0 Å². The molecule has 0 amide bonds. The predicted octanol–water partition coefficient (Wildman–Crippen LogP) is 2.98. The lowest BCUT2D eigenvalue weighted by atomic mass is 9.92. The van der Waals surface area contributed by atoms with Crippen LogP contribution in [0, 0.1) is 0 Å². The van der Waals surface area contributed by atoms with Gasteiger partial charge in [0.1, 0.15) is 6.10 Å². The Hall–Kier alpha value is -2.09. The Morgan fingerprint density at radius 2 is 1.71 bits per heavy atom. The highest BCUT2D eigenvalue weighted by Crippen LogP contribution is 2.43. The molecule has 134 valence electrons. The topological polar surface area (TPSA) is 61.8 Å². The molecule has 0 spiro atoms. The number of benzene rings is 1. The lowest BCUT2D eigenvalue weighted by molar-refractivity contribution is -0.278. The average molecular weight is 348 g/mol. The van der Waals surface area contributed by atoms with E-state index in [1.807, 2.05) is 0 Å². The van der Waals surface area contributed by atoms with Crippen LogP contribution in [0.2, 0.25) is 0 Å². The number of halogens is 3. The molecule has 0 aliphatic carbocycles. The third-order valence-corrected chi connectivity index (χ3v) is 3.52. The van der Waals surface area contributed by atoms with E-state index >= 15 is 0 Å². The summed E-state index contributed by atoms with van der Waals surface area (Å²) in [6.07, 6.45) is -6.30. The minimum absolute atomic E-state index is 0.146. The molecule has 24 heavy (non-hydrogen) atoms. The lowest BCUT2D eigenvalue weighted by Gasteiger charge is -2.33. The lowest BCUT2D eigenvalue weighted by Crippen LogP contribution is -2.52. The highest BCUT2D eigenvalue weighted by molar-refractivity contribution is 5.83. The van der Waals surface area contributed by atoms with Crippen LogP contribution in [0.25, 0.3) is 0 Å². The second-order valence-corrected chi connectivity index (χ2v) is 4.96. The summed E-state index contributed by atoms with van der Waals surface area (Å²) in [7, 11) is 1.92. The fourth-order valence-electron chi connectivity index (χ4n) is 2.16. The summed E-state index contributed by atoms with van der Waals surface area (Å²) < 4.78 is 55.0. The van der Waals surface area contributed by atoms with Crippen LogP contribution in [0.1, 0.15) is 25.3 Å². The molecule has 0 saturated carbocycles. The second kappa shape index (κ2) is 8.14. The molecule has 1 rings (SSSR count). The quantitative estimate of drug-likeness (QED) is 0.709. The molecule has 1 aromatic carbocycles. The van der Waals surface area contributed by atoms with Crippen molar-refractivity contribution in [3.8, 4) is 0 Å². The van der Waals surface area contributed by atoms with E-state index in [2.05, 4.69) is 9.47 Å². The number of rotatable bonds is 7. The first-order valence-corrected chi connectivity index (χ1v) is 7.18. The van der Waals surface area contributed by atoms with E-state index in [0.29, 0.717) is 0 Å². The number of carbonyl (C=O) groups excluding carboxylic acids is 2. The maximum absolute atomic E-state index is 13.7. The first-order valence-electron chi connectivity index (χ1n) is 7.18. The van der Waals surface area contributed by atoms with Gasteiger partial charge in [-0.3, -0.25) is 4.79 Å². The normalized spacial score (nSPS) is 15.2. The van der Waals surface area contributed by atoms with Crippen LogP contribution < -0.4 is 0 Å². The van der Waals surface area contributed by atoms with E-state index < -0.39 is 35.4 Å². The molecule has 0 bridgehead atoms. The van der Waals surface area contributed by atoms with Crippen LogP contribution in [0.4, 0.5) is 13.2 Å². The van der Waals surface area contributed by atoms with Gasteiger partial charge < -0.3 is 14.2 Å². The SMILES string of the molecule is CC[C@H](CC(=O)OC)OC(=O)[C@](OC)(c1ccccc1)C(F)(F)F. The van der Waals surface area contributed by atoms with Crippen molar-refractivity contribution in [1.82, 2.24) is 0 Å². The van der Waals surface area contributed by atoms with E-state index in [-0.39, 0.29) is 12.8 Å². The maximum atomic E-state index is 13.7. The summed E-state index contributed by atoms with van der Waals surface area (Å²) in [5, 5.41) is 0. The van der Waals surface area contributed by atoms with Gasteiger partial charge in [0, 0.05) is 12.7 Å². The van der Waals surface area contributed by atoms with Gasteiger partial charge in [-0.05, 0) is 6.42 Å². The predicted molar refractivity (Wildman–Crippen MR) is 78.0 cm³/mol. The fourth-order valence-corrected chi connectivity index (χ4v) is 2.16. The molecule has 0 aliphatic heterocycles. The summed E-state index contributed by atoms with van der Waals surface area (Å²) in [4.78, 5) is 23.6. The minimum atomic E-state index is -5.05. The van der Waals surface area contributed by atoms with Gasteiger partial charge in [-0.15, -0.1) is 0 Å². The Morgan fingerprint density at radius 1 is 1.12 bits per heavy atom. The molecule has 8 heteroatoms. The third kappa shape index (κ3) is 4.05. The summed E-state index contributed by atoms with van der Waals surface area (Å²) in [5.41, 5.74) is -3.67. The van der Waals surface area contributed by atoms with Crippen molar-refractivity contribution in [2.45, 2.75) is 37.6 Å². The first kappa shape index (κ1) is 20.0. The van der Waals surface area contributed by atoms with Gasteiger partial charge in [0.05, 0.1) is 13.5 Å². The first-order chi connectivity index (χ1) is 11.2. The number of alkyl halides is 3. The molecular weight excluding hydrogens is 329 g/mol. The van der Waals surface area contributed by atoms with Gasteiger partial charge in [0.25, 0.3) is 5.60 Å². The van der Waals surface area contributed by atoms with Gasteiger partial charge >= 0.3 is 18.1 Å². The monoisotopic (exact) mass is 348 g/mol. The minimum Gasteiger partial charge on any atom is -0.469 e. The Bertz CT molecular complexity index is 559. The largest absolute Gasteiger partial charge is 0.469 e. The average Bonchev–Trinajstić information content (AvgIpc) is 2.54. The molecule has 0 radical (unpaired) electrons. The molecule has 0 heterocycles. The standard InChI is InChI=1S/C16H19F3O5/c1-4-12(10-13(20)22-2)24-14(21)15(23-3,16(17,18)19)11-8-6-5-7-9-11/h5-9,12H,4,10H2,1-3H3/t12-,15-/m1/s1. The Balaban J connectivity index is 3.20. The van der Waals surface area contributed by atoms with Gasteiger partial charge in [0.15, 0.2) is 0 Å². The zero-order valence-electron chi connectivity index (χ0n) is 13.6. The molecule has 0 fully saturated rings. The zero-order chi connectivity index (χ0) is 18.4. The van der Waals surface area contributed by atoms with Crippen LogP contribution >= 0.6 is 0 Å². The molecule has 0 aliphatic rings. The van der Waals surface area contributed by atoms with Gasteiger partial charge in [0.2, 0.25) is 0 Å². The molecule has 1 aromatic rings. The van der Waals surface area contributed by atoms with Crippen molar-refractivity contribution in [3.05, 3.63) is 35.9 Å². The second-order valence-electron chi connectivity index (χ2n) is 4.96. The highest BCUT2D eigenvalue weighted by atomic mass is 19.4. The van der Waals surface area contributed by atoms with Crippen molar-refractivity contribution in [2.75, 3.05) is 14.2 Å². The summed E-state index contributed by atoms with van der Waals surface area (Å²) in [5.74, 6) is -2.32. The Labute approximate surface area is 137 Å². The van der Waals surface area contributed by atoms with Gasteiger partial charge in [-0.25, -0.2) is 4.79 Å². The number of esters is 2. The molecule has 0 saturated heterocycles. The molecular formula is C16H19F3O5. The maximum Gasteiger partial charge on any atom is 0.432 e. The van der Waals surface area contributed by atoms with Crippen molar-refractivity contribution < 1.29 is 37.0 Å². The van der Waals surface area contributed by atoms with Gasteiger partial charge in [-0.2, -0.15) is 13.2 Å². The van der Waals surface area contributed by atoms with E-state index in [1.54, 1.807) is 6.92 Å². The smallest absolute Gasteiger partial charge is 0.432 e. The number of carbonyl (C=O) groups is 2. The van der Waals surface area contributed by atoms with Crippen molar-refractivity contribution in [2.24, 2.45) is 0 Å². The molecule has 2 atom stereocenters. The summed E-state index contributed by atoms with van der Waals surface area (Å²) >= 11 is 0. The molecule has 5 nitrogen and oxygen atoms in total. The number of methoxy groups -OCH3 is 2. The zero-order valence-corrected chi connectivity index (χ0v) is 13.6. The molecule has 0 N–H and O–H groups in total. The Kier molecular flexibility index (Phi) is 6.77. The van der Waals surface area contributed by atoms with Crippen molar-refractivity contribution >= 4 is 11.9 Å². The number of hydrogen-bond donors (Lipinski definition) is 0. The van der Waals surface area contributed by atoms with E-state index in [0.717, 1.165) is 26.4 Å². The number of hydrogen-bond acceptors (Lipinski definition) is 5. The van der Waals surface area contributed by atoms with Crippen LogP contribution in [-0.4, -0.2) is 38.4 Å². The van der Waals surface area contributed by atoms with Crippen LogP contribution in [-0.2, 0) is 29.4 Å². The molecule has 0 unspecified atom stereocenters.